The van der Waals surface area contributed by atoms with Gasteiger partial charge in [-0.2, -0.15) is 0 Å². The Kier molecular flexibility index (Phi) is 5.54. The van der Waals surface area contributed by atoms with Crippen molar-refractivity contribution in [2.45, 2.75) is 19.8 Å². The zero-order valence-electron chi connectivity index (χ0n) is 15.1. The summed E-state index contributed by atoms with van der Waals surface area (Å²) in [6.45, 7) is 3.64. The summed E-state index contributed by atoms with van der Waals surface area (Å²) >= 11 is 0. The first-order valence-electron chi connectivity index (χ1n) is 8.76. The molecule has 0 bridgehead atoms. The lowest BCUT2D eigenvalue weighted by Crippen LogP contribution is -2.26. The van der Waals surface area contributed by atoms with Crippen LogP contribution in [0.5, 0.6) is 0 Å². The zero-order chi connectivity index (χ0) is 19.4. The maximum absolute atomic E-state index is 13.4. The summed E-state index contributed by atoms with van der Waals surface area (Å²) in [5.41, 5.74) is 2.43. The average Bonchev–Trinajstić information content (AvgIpc) is 3.02. The number of aromatic amines is 1. The number of para-hydroxylation sites is 1. The second-order valence-electron chi connectivity index (χ2n) is 5.90. The van der Waals surface area contributed by atoms with E-state index in [0.717, 1.165) is 5.52 Å². The van der Waals surface area contributed by atoms with Crippen molar-refractivity contribution in [3.8, 4) is 11.3 Å². The topological polar surface area (TPSA) is 68.4 Å². The number of ether oxygens (including phenoxy) is 2. The largest absolute Gasteiger partial charge is 0.465 e. The van der Waals surface area contributed by atoms with Crippen molar-refractivity contribution in [1.29, 1.82) is 0 Å². The molecule has 1 aromatic heterocycles. The Morgan fingerprint density at radius 2 is 1.56 bits per heavy atom. The van der Waals surface area contributed by atoms with Gasteiger partial charge in [0.25, 0.3) is 0 Å². The Balaban J connectivity index is 2.25. The van der Waals surface area contributed by atoms with E-state index in [2.05, 4.69) is 4.98 Å². The lowest BCUT2D eigenvalue weighted by atomic mass is 9.93. The lowest BCUT2D eigenvalue weighted by molar-refractivity contribution is -0.156. The van der Waals surface area contributed by atoms with E-state index in [1.165, 1.54) is 12.1 Å². The van der Waals surface area contributed by atoms with Crippen molar-refractivity contribution < 1.29 is 23.5 Å². The second kappa shape index (κ2) is 8.03. The number of hydrogen-bond donors (Lipinski definition) is 1. The Bertz CT molecular complexity index is 944. The fourth-order valence-electron chi connectivity index (χ4n) is 3.09. The van der Waals surface area contributed by atoms with Gasteiger partial charge in [-0.05, 0) is 49.7 Å². The molecule has 0 unspecified atom stereocenters. The van der Waals surface area contributed by atoms with Gasteiger partial charge < -0.3 is 14.5 Å². The number of hydrogen-bond acceptors (Lipinski definition) is 4. The van der Waals surface area contributed by atoms with Crippen molar-refractivity contribution in [3.63, 3.8) is 0 Å². The van der Waals surface area contributed by atoms with E-state index in [9.17, 15) is 14.0 Å². The summed E-state index contributed by atoms with van der Waals surface area (Å²) in [6, 6.07) is 13.2. The van der Waals surface area contributed by atoms with Crippen LogP contribution in [0.2, 0.25) is 0 Å². The van der Waals surface area contributed by atoms with Crippen LogP contribution in [0.3, 0.4) is 0 Å². The third-order valence-electron chi connectivity index (χ3n) is 4.21. The molecule has 140 valence electrons. The first kappa shape index (κ1) is 18.6. The molecule has 0 aliphatic heterocycles. The molecule has 27 heavy (non-hydrogen) atoms. The molecule has 6 heteroatoms. The van der Waals surface area contributed by atoms with Crippen LogP contribution < -0.4 is 0 Å². The minimum absolute atomic E-state index is 0.142. The fourth-order valence-corrected chi connectivity index (χ4v) is 3.09. The molecule has 0 saturated carbocycles. The van der Waals surface area contributed by atoms with E-state index < -0.39 is 17.9 Å². The van der Waals surface area contributed by atoms with Crippen LogP contribution in [0.25, 0.3) is 22.2 Å². The maximum atomic E-state index is 13.4. The third kappa shape index (κ3) is 3.69. The summed E-state index contributed by atoms with van der Waals surface area (Å²) in [6.07, 6.45) is 0. The number of benzene rings is 2. The molecule has 0 radical (unpaired) electrons. The molecule has 0 saturated heterocycles. The van der Waals surface area contributed by atoms with Gasteiger partial charge in [0.1, 0.15) is 5.82 Å². The fraction of sp³-hybridized carbons (Fsp3) is 0.238. The summed E-state index contributed by atoms with van der Waals surface area (Å²) in [4.78, 5) is 28.5. The number of carbonyl (C=O) groups excluding carboxylic acids is 2. The van der Waals surface area contributed by atoms with Crippen LogP contribution in [0.4, 0.5) is 4.39 Å². The van der Waals surface area contributed by atoms with Gasteiger partial charge >= 0.3 is 11.9 Å². The van der Waals surface area contributed by atoms with E-state index in [0.29, 0.717) is 22.2 Å². The highest BCUT2D eigenvalue weighted by atomic mass is 19.1. The highest BCUT2D eigenvalue weighted by Gasteiger charge is 2.36. The van der Waals surface area contributed by atoms with Crippen molar-refractivity contribution in [2.24, 2.45) is 0 Å². The van der Waals surface area contributed by atoms with E-state index in [1.807, 2.05) is 24.3 Å². The monoisotopic (exact) mass is 369 g/mol. The molecule has 0 atom stereocenters. The zero-order valence-corrected chi connectivity index (χ0v) is 15.1. The number of aromatic nitrogens is 1. The highest BCUT2D eigenvalue weighted by Crippen LogP contribution is 2.37. The van der Waals surface area contributed by atoms with Gasteiger partial charge in [0.15, 0.2) is 5.92 Å². The Morgan fingerprint density at radius 1 is 0.963 bits per heavy atom. The van der Waals surface area contributed by atoms with Crippen LogP contribution in [-0.2, 0) is 19.1 Å². The first-order chi connectivity index (χ1) is 13.1. The molecule has 0 aliphatic rings. The van der Waals surface area contributed by atoms with Crippen LogP contribution in [0.15, 0.2) is 48.5 Å². The number of carbonyl (C=O) groups is 2. The van der Waals surface area contributed by atoms with Gasteiger partial charge in [-0.1, -0.05) is 18.2 Å². The molecular formula is C21H20FNO4. The molecule has 2 aromatic carbocycles. The smallest absolute Gasteiger partial charge is 0.324 e. The predicted octanol–water partition coefficient (Wildman–Crippen LogP) is 4.18. The van der Waals surface area contributed by atoms with E-state index in [4.69, 9.17) is 9.47 Å². The predicted molar refractivity (Wildman–Crippen MR) is 99.7 cm³/mol. The highest BCUT2D eigenvalue weighted by molar-refractivity contribution is 6.07. The SMILES string of the molecule is CCOC(=O)C(C(=O)OCC)c1c(-c2ccc(F)cc2)[nH]c2ccccc12. The minimum Gasteiger partial charge on any atom is -0.465 e. The quantitative estimate of drug-likeness (QED) is 0.523. The summed E-state index contributed by atoms with van der Waals surface area (Å²) < 4.78 is 23.6. The molecule has 0 fully saturated rings. The Hall–Kier alpha value is -3.15. The summed E-state index contributed by atoms with van der Waals surface area (Å²) in [7, 11) is 0. The molecule has 3 aromatic rings. The van der Waals surface area contributed by atoms with E-state index in [1.54, 1.807) is 26.0 Å². The van der Waals surface area contributed by atoms with Crippen LogP contribution >= 0.6 is 0 Å². The van der Waals surface area contributed by atoms with Crippen molar-refractivity contribution in [3.05, 3.63) is 59.9 Å². The lowest BCUT2D eigenvalue weighted by Gasteiger charge is -2.16. The normalized spacial score (nSPS) is 11.0. The number of halogens is 1. The standard InChI is InChI=1S/C21H20FNO4/c1-3-26-20(24)18(21(25)27-4-2)17-15-7-5-6-8-16(15)23-19(17)13-9-11-14(22)12-10-13/h5-12,18,23H,3-4H2,1-2H3. The summed E-state index contributed by atoms with van der Waals surface area (Å²) in [5, 5.41) is 0.711. The number of esters is 2. The van der Waals surface area contributed by atoms with Gasteiger partial charge in [-0.3, -0.25) is 9.59 Å². The third-order valence-corrected chi connectivity index (χ3v) is 4.21. The van der Waals surface area contributed by atoms with Gasteiger partial charge in [0.2, 0.25) is 0 Å². The van der Waals surface area contributed by atoms with Gasteiger partial charge in [-0.15, -0.1) is 0 Å². The molecule has 5 nitrogen and oxygen atoms in total. The molecule has 1 N–H and O–H groups in total. The van der Waals surface area contributed by atoms with Crippen molar-refractivity contribution >= 4 is 22.8 Å². The summed E-state index contributed by atoms with van der Waals surface area (Å²) in [5.74, 6) is -2.96. The first-order valence-corrected chi connectivity index (χ1v) is 8.76. The van der Waals surface area contributed by atoms with Crippen LogP contribution in [-0.4, -0.2) is 30.1 Å². The van der Waals surface area contributed by atoms with Gasteiger partial charge in [-0.25, -0.2) is 4.39 Å². The second-order valence-corrected chi connectivity index (χ2v) is 5.90. The van der Waals surface area contributed by atoms with E-state index in [-0.39, 0.29) is 19.0 Å². The molecular weight excluding hydrogens is 349 g/mol. The Morgan fingerprint density at radius 3 is 2.15 bits per heavy atom. The van der Waals surface area contributed by atoms with Crippen LogP contribution in [0, 0.1) is 5.82 Å². The van der Waals surface area contributed by atoms with E-state index >= 15 is 0 Å². The maximum Gasteiger partial charge on any atom is 0.324 e. The average molecular weight is 369 g/mol. The number of H-pyrrole nitrogens is 1. The number of nitrogens with one attached hydrogen (secondary N) is 1. The molecule has 1 heterocycles. The minimum atomic E-state index is -1.24. The van der Waals surface area contributed by atoms with Crippen molar-refractivity contribution in [1.82, 2.24) is 4.98 Å². The molecule has 3 rings (SSSR count). The Labute approximate surface area is 156 Å². The molecule has 0 amide bonds. The van der Waals surface area contributed by atoms with Crippen LogP contribution in [0.1, 0.15) is 25.3 Å². The molecule has 0 spiro atoms. The molecule has 0 aliphatic carbocycles. The van der Waals surface area contributed by atoms with Crippen molar-refractivity contribution in [2.75, 3.05) is 13.2 Å². The number of rotatable bonds is 6. The number of fused-ring (bicyclic) bond motifs is 1. The van der Waals surface area contributed by atoms with Gasteiger partial charge in [0, 0.05) is 16.5 Å². The van der Waals surface area contributed by atoms with Gasteiger partial charge in [0.05, 0.1) is 18.9 Å².